The Morgan fingerprint density at radius 1 is 1.29 bits per heavy atom. The number of nitrogens with zero attached hydrogens (tertiary/aromatic N) is 4. The van der Waals surface area contributed by atoms with Crippen molar-refractivity contribution < 1.29 is 18.3 Å². The molecule has 0 saturated heterocycles. The number of benzene rings is 1. The standard InChI is InChI=1S/C16H17FN4O3/c1-10-14(7-21-9-18-15(20-21)8-22-2)19-16(24-10)12-5-4-11(23-3)6-13(12)17/h4-6,9H,7-8H2,1-3H3. The van der Waals surface area contributed by atoms with Gasteiger partial charge in [-0.1, -0.05) is 0 Å². The maximum atomic E-state index is 14.2. The third kappa shape index (κ3) is 3.28. The Bertz CT molecular complexity index is 844. The van der Waals surface area contributed by atoms with E-state index in [4.69, 9.17) is 13.9 Å². The fourth-order valence-corrected chi connectivity index (χ4v) is 2.24. The number of hydrogen-bond donors (Lipinski definition) is 0. The predicted octanol–water partition coefficient (Wildman–Crippen LogP) is 2.58. The predicted molar refractivity (Wildman–Crippen MR) is 83.0 cm³/mol. The molecule has 7 nitrogen and oxygen atoms in total. The zero-order valence-electron chi connectivity index (χ0n) is 13.6. The summed E-state index contributed by atoms with van der Waals surface area (Å²) >= 11 is 0. The summed E-state index contributed by atoms with van der Waals surface area (Å²) in [6.45, 7) is 2.50. The van der Waals surface area contributed by atoms with Crippen LogP contribution in [0.3, 0.4) is 0 Å². The molecule has 0 aliphatic rings. The van der Waals surface area contributed by atoms with Crippen molar-refractivity contribution in [1.82, 2.24) is 19.7 Å². The normalized spacial score (nSPS) is 11.0. The lowest BCUT2D eigenvalue weighted by atomic mass is 10.2. The van der Waals surface area contributed by atoms with Crippen LogP contribution in [-0.2, 0) is 17.9 Å². The van der Waals surface area contributed by atoms with Gasteiger partial charge in [-0.05, 0) is 19.1 Å². The van der Waals surface area contributed by atoms with Crippen LogP contribution in [0.2, 0.25) is 0 Å². The fraction of sp³-hybridized carbons (Fsp3) is 0.312. The first-order chi connectivity index (χ1) is 11.6. The van der Waals surface area contributed by atoms with Crippen LogP contribution in [0.25, 0.3) is 11.5 Å². The number of methoxy groups -OCH3 is 2. The molecule has 0 amide bonds. The third-order valence-corrected chi connectivity index (χ3v) is 3.47. The van der Waals surface area contributed by atoms with Crippen LogP contribution in [0.5, 0.6) is 5.75 Å². The number of halogens is 1. The molecule has 0 unspecified atom stereocenters. The minimum absolute atomic E-state index is 0.222. The Kier molecular flexibility index (Phi) is 4.57. The molecule has 2 aromatic heterocycles. The molecule has 0 aliphatic carbocycles. The molecule has 0 fully saturated rings. The lowest BCUT2D eigenvalue weighted by Crippen LogP contribution is -2.03. The smallest absolute Gasteiger partial charge is 0.229 e. The second-order valence-corrected chi connectivity index (χ2v) is 5.16. The Morgan fingerprint density at radius 2 is 2.12 bits per heavy atom. The molecule has 3 rings (SSSR count). The highest BCUT2D eigenvalue weighted by Gasteiger charge is 2.16. The minimum atomic E-state index is -0.453. The Hall–Kier alpha value is -2.74. The van der Waals surface area contributed by atoms with E-state index in [2.05, 4.69) is 15.1 Å². The van der Waals surface area contributed by atoms with Crippen molar-refractivity contribution in [2.24, 2.45) is 0 Å². The van der Waals surface area contributed by atoms with E-state index in [1.54, 1.807) is 37.2 Å². The first kappa shape index (κ1) is 16.1. The van der Waals surface area contributed by atoms with Gasteiger partial charge in [-0.3, -0.25) is 0 Å². The number of hydrogen-bond acceptors (Lipinski definition) is 6. The number of aryl methyl sites for hydroxylation is 1. The summed E-state index contributed by atoms with van der Waals surface area (Å²) in [6.07, 6.45) is 1.59. The number of oxazole rings is 1. The molecule has 2 heterocycles. The van der Waals surface area contributed by atoms with E-state index in [1.807, 2.05) is 0 Å². The molecule has 0 radical (unpaired) electrons. The van der Waals surface area contributed by atoms with Gasteiger partial charge in [0.05, 0.1) is 19.2 Å². The van der Waals surface area contributed by atoms with Crippen LogP contribution in [0.15, 0.2) is 28.9 Å². The zero-order chi connectivity index (χ0) is 17.1. The second-order valence-electron chi connectivity index (χ2n) is 5.16. The van der Waals surface area contributed by atoms with E-state index < -0.39 is 5.82 Å². The van der Waals surface area contributed by atoms with Gasteiger partial charge in [-0.15, -0.1) is 0 Å². The van der Waals surface area contributed by atoms with Crippen LogP contribution >= 0.6 is 0 Å². The van der Waals surface area contributed by atoms with Crippen molar-refractivity contribution in [3.8, 4) is 17.2 Å². The molecule has 126 valence electrons. The van der Waals surface area contributed by atoms with E-state index in [0.717, 1.165) is 0 Å². The zero-order valence-corrected chi connectivity index (χ0v) is 13.6. The topological polar surface area (TPSA) is 75.2 Å². The van der Waals surface area contributed by atoms with Crippen molar-refractivity contribution in [1.29, 1.82) is 0 Å². The summed E-state index contributed by atoms with van der Waals surface area (Å²) in [5.41, 5.74) is 0.942. The maximum Gasteiger partial charge on any atom is 0.229 e. The monoisotopic (exact) mass is 332 g/mol. The Labute approximate surface area is 138 Å². The summed E-state index contributed by atoms with van der Waals surface area (Å²) in [4.78, 5) is 8.50. The van der Waals surface area contributed by atoms with Crippen molar-refractivity contribution in [3.63, 3.8) is 0 Å². The van der Waals surface area contributed by atoms with Gasteiger partial charge in [0, 0.05) is 13.2 Å². The van der Waals surface area contributed by atoms with Crippen LogP contribution in [0.1, 0.15) is 17.3 Å². The summed E-state index contributed by atoms with van der Waals surface area (Å²) < 4.78 is 31.4. The first-order valence-electron chi connectivity index (χ1n) is 7.28. The van der Waals surface area contributed by atoms with E-state index in [9.17, 15) is 4.39 Å². The number of aromatic nitrogens is 4. The van der Waals surface area contributed by atoms with Crippen molar-refractivity contribution >= 4 is 0 Å². The SMILES string of the molecule is COCc1ncn(Cc2nc(-c3ccc(OC)cc3F)oc2C)n1. The van der Waals surface area contributed by atoms with Gasteiger partial charge < -0.3 is 13.9 Å². The van der Waals surface area contributed by atoms with Gasteiger partial charge in [0.15, 0.2) is 5.82 Å². The highest BCUT2D eigenvalue weighted by atomic mass is 19.1. The molecule has 0 spiro atoms. The van der Waals surface area contributed by atoms with E-state index in [0.29, 0.717) is 36.2 Å². The molecule has 0 N–H and O–H groups in total. The van der Waals surface area contributed by atoms with Crippen LogP contribution in [-0.4, -0.2) is 34.0 Å². The quantitative estimate of drug-likeness (QED) is 0.691. The molecule has 1 aromatic carbocycles. The summed E-state index contributed by atoms with van der Waals surface area (Å²) in [5.74, 6) is 1.39. The van der Waals surface area contributed by atoms with E-state index >= 15 is 0 Å². The summed E-state index contributed by atoms with van der Waals surface area (Å²) in [6, 6.07) is 4.53. The van der Waals surface area contributed by atoms with Gasteiger partial charge >= 0.3 is 0 Å². The molecule has 0 bridgehead atoms. The molecule has 8 heteroatoms. The third-order valence-electron chi connectivity index (χ3n) is 3.47. The first-order valence-corrected chi connectivity index (χ1v) is 7.28. The lowest BCUT2D eigenvalue weighted by Gasteiger charge is -2.02. The van der Waals surface area contributed by atoms with E-state index in [1.165, 1.54) is 13.2 Å². The summed E-state index contributed by atoms with van der Waals surface area (Å²) in [7, 11) is 3.07. The van der Waals surface area contributed by atoms with Gasteiger partial charge in [0.1, 0.15) is 36.0 Å². The number of rotatable bonds is 6. The number of ether oxygens (including phenoxy) is 2. The highest BCUT2D eigenvalue weighted by molar-refractivity contribution is 5.56. The van der Waals surface area contributed by atoms with Gasteiger partial charge in [-0.2, -0.15) is 5.10 Å². The van der Waals surface area contributed by atoms with Crippen molar-refractivity contribution in [2.45, 2.75) is 20.1 Å². The van der Waals surface area contributed by atoms with Gasteiger partial charge in [-0.25, -0.2) is 19.0 Å². The molecule has 0 saturated carbocycles. The molecule has 0 aliphatic heterocycles. The summed E-state index contributed by atoms with van der Waals surface area (Å²) in [5, 5.41) is 4.27. The Morgan fingerprint density at radius 3 is 2.83 bits per heavy atom. The average Bonchev–Trinajstić information content (AvgIpc) is 3.15. The van der Waals surface area contributed by atoms with Crippen LogP contribution < -0.4 is 4.74 Å². The Balaban J connectivity index is 1.84. The molecular formula is C16H17FN4O3. The fourth-order valence-electron chi connectivity index (χ4n) is 2.24. The maximum absolute atomic E-state index is 14.2. The van der Waals surface area contributed by atoms with Crippen LogP contribution in [0, 0.1) is 12.7 Å². The highest BCUT2D eigenvalue weighted by Crippen LogP contribution is 2.27. The van der Waals surface area contributed by atoms with Crippen molar-refractivity contribution in [2.75, 3.05) is 14.2 Å². The average molecular weight is 332 g/mol. The lowest BCUT2D eigenvalue weighted by molar-refractivity contribution is 0.177. The second kappa shape index (κ2) is 6.79. The molecule has 3 aromatic rings. The van der Waals surface area contributed by atoms with Gasteiger partial charge in [0.2, 0.25) is 5.89 Å². The van der Waals surface area contributed by atoms with Crippen LogP contribution in [0.4, 0.5) is 4.39 Å². The van der Waals surface area contributed by atoms with Crippen molar-refractivity contribution in [3.05, 3.63) is 47.6 Å². The van der Waals surface area contributed by atoms with Gasteiger partial charge in [0.25, 0.3) is 0 Å². The molecular weight excluding hydrogens is 315 g/mol. The molecule has 0 atom stereocenters. The largest absolute Gasteiger partial charge is 0.497 e. The van der Waals surface area contributed by atoms with E-state index in [-0.39, 0.29) is 11.5 Å². The molecule has 24 heavy (non-hydrogen) atoms. The minimum Gasteiger partial charge on any atom is -0.497 e.